The Hall–Kier alpha value is -0.820. The van der Waals surface area contributed by atoms with Gasteiger partial charge in [-0.3, -0.25) is 0 Å². The summed E-state index contributed by atoms with van der Waals surface area (Å²) < 4.78 is 0. The lowest BCUT2D eigenvalue weighted by Gasteiger charge is -2.24. The van der Waals surface area contributed by atoms with Crippen LogP contribution in [0.1, 0.15) is 62.8 Å². The highest BCUT2D eigenvalue weighted by Crippen LogP contribution is 2.39. The Morgan fingerprint density at radius 3 is 2.82 bits per heavy atom. The average molecular weight is 232 g/mol. The van der Waals surface area contributed by atoms with Gasteiger partial charge in [-0.25, -0.2) is 0 Å². The van der Waals surface area contributed by atoms with Gasteiger partial charge in [0.1, 0.15) is 0 Å². The van der Waals surface area contributed by atoms with Crippen LogP contribution in [0.4, 0.5) is 0 Å². The first-order chi connectivity index (χ1) is 8.02. The van der Waals surface area contributed by atoms with Crippen LogP contribution in [0.2, 0.25) is 0 Å². The molecular formula is C16H24O. The van der Waals surface area contributed by atoms with Gasteiger partial charge in [0.05, 0.1) is 6.10 Å². The molecule has 0 aliphatic heterocycles. The number of aliphatic hydroxyl groups is 1. The van der Waals surface area contributed by atoms with Crippen LogP contribution < -0.4 is 0 Å². The van der Waals surface area contributed by atoms with Crippen LogP contribution in [0.25, 0.3) is 0 Å². The molecule has 0 fully saturated rings. The maximum atomic E-state index is 10.4. The highest BCUT2D eigenvalue weighted by Gasteiger charge is 2.28. The molecular weight excluding hydrogens is 208 g/mol. The highest BCUT2D eigenvalue weighted by atomic mass is 16.3. The fraction of sp³-hybridized carbons (Fsp3) is 0.625. The highest BCUT2D eigenvalue weighted by molar-refractivity contribution is 5.35. The second kappa shape index (κ2) is 4.81. The van der Waals surface area contributed by atoms with Crippen LogP contribution in [0, 0.1) is 5.41 Å². The molecule has 0 heterocycles. The Kier molecular flexibility index (Phi) is 3.58. The summed E-state index contributed by atoms with van der Waals surface area (Å²) in [5, 5.41) is 10.4. The molecule has 2 rings (SSSR count). The molecule has 0 radical (unpaired) electrons. The molecule has 94 valence electrons. The Balaban J connectivity index is 2.32. The van der Waals surface area contributed by atoms with Crippen molar-refractivity contribution in [1.82, 2.24) is 0 Å². The normalized spacial score (nSPS) is 22.9. The van der Waals surface area contributed by atoms with Gasteiger partial charge in [0, 0.05) is 0 Å². The zero-order valence-electron chi connectivity index (χ0n) is 11.3. The van der Waals surface area contributed by atoms with E-state index >= 15 is 0 Å². The lowest BCUT2D eigenvalue weighted by molar-refractivity contribution is 0.116. The van der Waals surface area contributed by atoms with Crippen LogP contribution in [0.15, 0.2) is 18.2 Å². The molecule has 0 amide bonds. The third-order valence-corrected chi connectivity index (χ3v) is 3.93. The fourth-order valence-electron chi connectivity index (χ4n) is 2.83. The van der Waals surface area contributed by atoms with E-state index in [-0.39, 0.29) is 11.5 Å². The molecule has 1 N–H and O–H groups in total. The van der Waals surface area contributed by atoms with E-state index in [2.05, 4.69) is 39.0 Å². The lowest BCUT2D eigenvalue weighted by Crippen LogP contribution is -2.13. The Morgan fingerprint density at radius 1 is 1.35 bits per heavy atom. The quantitative estimate of drug-likeness (QED) is 0.763. The minimum atomic E-state index is -0.278. The molecule has 1 aromatic rings. The zero-order chi connectivity index (χ0) is 12.5. The number of fused-ring (bicyclic) bond motifs is 1. The number of hydrogen-bond acceptors (Lipinski definition) is 1. The van der Waals surface area contributed by atoms with Gasteiger partial charge in [0.15, 0.2) is 0 Å². The van der Waals surface area contributed by atoms with E-state index in [9.17, 15) is 5.11 Å². The SMILES string of the molecule is CCCc1ccc2c(c1)C(O)CC(C)(C)CC2. The summed E-state index contributed by atoms with van der Waals surface area (Å²) in [5.41, 5.74) is 4.15. The molecule has 17 heavy (non-hydrogen) atoms. The van der Waals surface area contributed by atoms with Crippen molar-refractivity contribution < 1.29 is 5.11 Å². The Labute approximate surface area is 105 Å². The first-order valence-electron chi connectivity index (χ1n) is 6.81. The van der Waals surface area contributed by atoms with E-state index in [1.54, 1.807) is 0 Å². The van der Waals surface area contributed by atoms with Gasteiger partial charge in [-0.05, 0) is 47.8 Å². The molecule has 1 nitrogen and oxygen atoms in total. The minimum absolute atomic E-state index is 0.253. The molecule has 1 aromatic carbocycles. The van der Waals surface area contributed by atoms with E-state index < -0.39 is 0 Å². The Morgan fingerprint density at radius 2 is 2.12 bits per heavy atom. The predicted molar refractivity (Wildman–Crippen MR) is 72.1 cm³/mol. The molecule has 1 aliphatic carbocycles. The van der Waals surface area contributed by atoms with E-state index in [1.165, 1.54) is 29.5 Å². The predicted octanol–water partition coefficient (Wildman–Crippen LogP) is 4.04. The summed E-state index contributed by atoms with van der Waals surface area (Å²) in [6, 6.07) is 6.68. The maximum Gasteiger partial charge on any atom is 0.0797 e. The summed E-state index contributed by atoms with van der Waals surface area (Å²) in [7, 11) is 0. The van der Waals surface area contributed by atoms with Crippen molar-refractivity contribution in [3.8, 4) is 0 Å². The van der Waals surface area contributed by atoms with Crippen molar-refractivity contribution in [3.05, 3.63) is 34.9 Å². The summed E-state index contributed by atoms with van der Waals surface area (Å²) in [4.78, 5) is 0. The maximum absolute atomic E-state index is 10.4. The molecule has 1 atom stereocenters. The van der Waals surface area contributed by atoms with Gasteiger partial charge in [0.25, 0.3) is 0 Å². The Bertz CT molecular complexity index is 393. The summed E-state index contributed by atoms with van der Waals surface area (Å²) in [6.07, 6.45) is 5.16. The first-order valence-corrected chi connectivity index (χ1v) is 6.81. The number of rotatable bonds is 2. The van der Waals surface area contributed by atoms with Crippen molar-refractivity contribution in [2.75, 3.05) is 0 Å². The van der Waals surface area contributed by atoms with Crippen molar-refractivity contribution in [2.24, 2.45) is 5.41 Å². The van der Waals surface area contributed by atoms with E-state index in [0.29, 0.717) is 0 Å². The van der Waals surface area contributed by atoms with Crippen molar-refractivity contribution in [1.29, 1.82) is 0 Å². The van der Waals surface area contributed by atoms with Crippen molar-refractivity contribution >= 4 is 0 Å². The number of hydrogen-bond donors (Lipinski definition) is 1. The van der Waals surface area contributed by atoms with E-state index in [1.807, 2.05) is 0 Å². The van der Waals surface area contributed by atoms with Gasteiger partial charge < -0.3 is 5.11 Å². The van der Waals surface area contributed by atoms with Crippen molar-refractivity contribution in [3.63, 3.8) is 0 Å². The summed E-state index contributed by atoms with van der Waals surface area (Å²) >= 11 is 0. The van der Waals surface area contributed by atoms with Crippen LogP contribution in [-0.2, 0) is 12.8 Å². The summed E-state index contributed by atoms with van der Waals surface area (Å²) in [6.45, 7) is 6.72. The van der Waals surface area contributed by atoms with Gasteiger partial charge in [-0.1, -0.05) is 45.4 Å². The molecule has 0 spiro atoms. The van der Waals surface area contributed by atoms with Crippen LogP contribution in [-0.4, -0.2) is 5.11 Å². The monoisotopic (exact) mass is 232 g/mol. The third kappa shape index (κ3) is 2.90. The summed E-state index contributed by atoms with van der Waals surface area (Å²) in [5.74, 6) is 0. The van der Waals surface area contributed by atoms with Crippen LogP contribution in [0.3, 0.4) is 0 Å². The van der Waals surface area contributed by atoms with Gasteiger partial charge >= 0.3 is 0 Å². The average Bonchev–Trinajstić information content (AvgIpc) is 2.37. The third-order valence-electron chi connectivity index (χ3n) is 3.93. The molecule has 0 saturated heterocycles. The second-order valence-electron chi connectivity index (χ2n) is 6.17. The van der Waals surface area contributed by atoms with Crippen LogP contribution in [0.5, 0.6) is 0 Å². The van der Waals surface area contributed by atoms with E-state index in [0.717, 1.165) is 19.3 Å². The first kappa shape index (κ1) is 12.6. The fourth-order valence-corrected chi connectivity index (χ4v) is 2.83. The lowest BCUT2D eigenvalue weighted by atomic mass is 9.84. The largest absolute Gasteiger partial charge is 0.388 e. The van der Waals surface area contributed by atoms with Crippen LogP contribution >= 0.6 is 0 Å². The molecule has 0 aromatic heterocycles. The molecule has 1 heteroatoms. The number of aliphatic hydroxyl groups excluding tert-OH is 1. The molecule has 1 aliphatic rings. The van der Waals surface area contributed by atoms with Gasteiger partial charge in [0.2, 0.25) is 0 Å². The van der Waals surface area contributed by atoms with Gasteiger partial charge in [-0.15, -0.1) is 0 Å². The van der Waals surface area contributed by atoms with Gasteiger partial charge in [-0.2, -0.15) is 0 Å². The topological polar surface area (TPSA) is 20.2 Å². The standard InChI is InChI=1S/C16H24O/c1-4-5-12-6-7-13-8-9-16(2,3)11-15(17)14(13)10-12/h6-7,10,15,17H,4-5,8-9,11H2,1-3H3. The molecule has 1 unspecified atom stereocenters. The molecule has 0 saturated carbocycles. The molecule has 0 bridgehead atoms. The zero-order valence-corrected chi connectivity index (χ0v) is 11.3. The second-order valence-corrected chi connectivity index (χ2v) is 6.17. The van der Waals surface area contributed by atoms with E-state index in [4.69, 9.17) is 0 Å². The minimum Gasteiger partial charge on any atom is -0.388 e. The number of benzene rings is 1. The number of aryl methyl sites for hydroxylation is 2. The van der Waals surface area contributed by atoms with Crippen molar-refractivity contribution in [2.45, 2.75) is 59.0 Å². The smallest absolute Gasteiger partial charge is 0.0797 e.